The van der Waals surface area contributed by atoms with Gasteiger partial charge in [-0.1, -0.05) is 38.1 Å². The van der Waals surface area contributed by atoms with Gasteiger partial charge in [0.05, 0.1) is 0 Å². The fourth-order valence-corrected chi connectivity index (χ4v) is 2.91. The molecule has 0 saturated heterocycles. The van der Waals surface area contributed by atoms with Crippen molar-refractivity contribution in [3.8, 4) is 0 Å². The molecule has 1 amide bonds. The molecule has 1 aliphatic carbocycles. The Bertz CT molecular complexity index is 646. The summed E-state index contributed by atoms with van der Waals surface area (Å²) in [6, 6.07) is 8.61. The molecule has 1 atom stereocenters. The maximum absolute atomic E-state index is 12.4. The lowest BCUT2D eigenvalue weighted by Gasteiger charge is -2.25. The van der Waals surface area contributed by atoms with Crippen LogP contribution in [0.3, 0.4) is 0 Å². The standard InChI is InChI=1S/C17H20N2O2/c1-11(2)16-15(18-10-21-16)17(20)19-14-8-7-12-5-3-4-6-13(12)9-14/h3-6,10-11,14H,7-9H2,1-2H3,(H,19,20). The van der Waals surface area contributed by atoms with E-state index in [2.05, 4.69) is 34.6 Å². The van der Waals surface area contributed by atoms with Gasteiger partial charge in [-0.25, -0.2) is 4.98 Å². The Morgan fingerprint density at radius 2 is 2.10 bits per heavy atom. The SMILES string of the molecule is CC(C)c1ocnc1C(=O)NC1CCc2ccccc2C1. The van der Waals surface area contributed by atoms with Crippen molar-refractivity contribution in [2.24, 2.45) is 0 Å². The highest BCUT2D eigenvalue weighted by Gasteiger charge is 2.24. The molecule has 1 N–H and O–H groups in total. The van der Waals surface area contributed by atoms with Crippen LogP contribution in [0.1, 0.15) is 53.6 Å². The number of carbonyl (C=O) groups is 1. The smallest absolute Gasteiger partial charge is 0.273 e. The third-order valence-electron chi connectivity index (χ3n) is 4.02. The summed E-state index contributed by atoms with van der Waals surface area (Å²) in [5.41, 5.74) is 3.15. The number of nitrogens with zero attached hydrogens (tertiary/aromatic N) is 1. The van der Waals surface area contributed by atoms with Gasteiger partial charge in [0.1, 0.15) is 5.76 Å². The van der Waals surface area contributed by atoms with Crippen LogP contribution in [0.15, 0.2) is 35.1 Å². The summed E-state index contributed by atoms with van der Waals surface area (Å²) < 4.78 is 5.32. The first-order valence-corrected chi connectivity index (χ1v) is 7.46. The molecule has 1 heterocycles. The molecule has 1 aliphatic rings. The minimum absolute atomic E-state index is 0.128. The molecule has 110 valence electrons. The molecule has 0 spiro atoms. The van der Waals surface area contributed by atoms with Crippen molar-refractivity contribution in [3.05, 3.63) is 53.2 Å². The summed E-state index contributed by atoms with van der Waals surface area (Å²) in [6.45, 7) is 3.99. The van der Waals surface area contributed by atoms with Gasteiger partial charge in [0.2, 0.25) is 0 Å². The normalized spacial score (nSPS) is 17.6. The zero-order valence-electron chi connectivity index (χ0n) is 12.4. The van der Waals surface area contributed by atoms with E-state index in [-0.39, 0.29) is 17.9 Å². The molecule has 0 aliphatic heterocycles. The van der Waals surface area contributed by atoms with E-state index in [1.54, 1.807) is 0 Å². The van der Waals surface area contributed by atoms with Crippen LogP contribution in [-0.4, -0.2) is 16.9 Å². The Labute approximate surface area is 124 Å². The van der Waals surface area contributed by atoms with Gasteiger partial charge in [0.25, 0.3) is 5.91 Å². The molecule has 0 bridgehead atoms. The Morgan fingerprint density at radius 3 is 2.86 bits per heavy atom. The summed E-state index contributed by atoms with van der Waals surface area (Å²) in [5.74, 6) is 0.681. The summed E-state index contributed by atoms with van der Waals surface area (Å²) in [6.07, 6.45) is 4.21. The van der Waals surface area contributed by atoms with Crippen LogP contribution in [0.2, 0.25) is 0 Å². The van der Waals surface area contributed by atoms with Crippen LogP contribution in [0.5, 0.6) is 0 Å². The molecule has 2 aromatic rings. The molecular weight excluding hydrogens is 264 g/mol. The first-order valence-electron chi connectivity index (χ1n) is 7.46. The number of hydrogen-bond acceptors (Lipinski definition) is 3. The Balaban J connectivity index is 1.70. The molecule has 0 saturated carbocycles. The van der Waals surface area contributed by atoms with Crippen molar-refractivity contribution in [1.29, 1.82) is 0 Å². The minimum atomic E-state index is -0.128. The molecule has 21 heavy (non-hydrogen) atoms. The van der Waals surface area contributed by atoms with Crippen molar-refractivity contribution < 1.29 is 9.21 Å². The second-order valence-electron chi connectivity index (χ2n) is 5.90. The number of aryl methyl sites for hydroxylation is 1. The summed E-state index contributed by atoms with van der Waals surface area (Å²) in [7, 11) is 0. The zero-order valence-corrected chi connectivity index (χ0v) is 12.4. The van der Waals surface area contributed by atoms with Gasteiger partial charge in [-0.2, -0.15) is 0 Å². The lowest BCUT2D eigenvalue weighted by atomic mass is 9.88. The van der Waals surface area contributed by atoms with E-state index >= 15 is 0 Å². The lowest BCUT2D eigenvalue weighted by molar-refractivity contribution is 0.0926. The van der Waals surface area contributed by atoms with Crippen LogP contribution >= 0.6 is 0 Å². The number of fused-ring (bicyclic) bond motifs is 1. The predicted molar refractivity (Wildman–Crippen MR) is 80.3 cm³/mol. The number of amides is 1. The van der Waals surface area contributed by atoms with Crippen molar-refractivity contribution in [3.63, 3.8) is 0 Å². The highest BCUT2D eigenvalue weighted by atomic mass is 16.3. The number of rotatable bonds is 3. The van der Waals surface area contributed by atoms with E-state index in [4.69, 9.17) is 4.42 Å². The minimum Gasteiger partial charge on any atom is -0.447 e. The second kappa shape index (κ2) is 5.72. The molecular formula is C17H20N2O2. The molecule has 3 rings (SSSR count). The van der Waals surface area contributed by atoms with Crippen LogP contribution < -0.4 is 5.32 Å². The van der Waals surface area contributed by atoms with Gasteiger partial charge in [0, 0.05) is 12.0 Å². The third kappa shape index (κ3) is 2.84. The van der Waals surface area contributed by atoms with E-state index in [9.17, 15) is 4.79 Å². The molecule has 4 heteroatoms. The molecule has 1 aromatic carbocycles. The van der Waals surface area contributed by atoms with Crippen molar-refractivity contribution >= 4 is 5.91 Å². The number of oxazole rings is 1. The number of nitrogens with one attached hydrogen (secondary N) is 1. The van der Waals surface area contributed by atoms with E-state index in [0.717, 1.165) is 19.3 Å². The Hall–Kier alpha value is -2.10. The van der Waals surface area contributed by atoms with Crippen molar-refractivity contribution in [2.45, 2.75) is 45.1 Å². The lowest BCUT2D eigenvalue weighted by Crippen LogP contribution is -2.39. The fourth-order valence-electron chi connectivity index (χ4n) is 2.91. The van der Waals surface area contributed by atoms with E-state index in [1.165, 1.54) is 17.5 Å². The van der Waals surface area contributed by atoms with Crippen molar-refractivity contribution in [1.82, 2.24) is 10.3 Å². The Morgan fingerprint density at radius 1 is 1.33 bits per heavy atom. The second-order valence-corrected chi connectivity index (χ2v) is 5.90. The van der Waals surface area contributed by atoms with Crippen LogP contribution in [0.25, 0.3) is 0 Å². The average molecular weight is 284 g/mol. The highest BCUT2D eigenvalue weighted by molar-refractivity contribution is 5.93. The summed E-state index contributed by atoms with van der Waals surface area (Å²) in [4.78, 5) is 16.4. The van der Waals surface area contributed by atoms with Crippen LogP contribution in [0, 0.1) is 0 Å². The quantitative estimate of drug-likeness (QED) is 0.942. The third-order valence-corrected chi connectivity index (χ3v) is 4.02. The van der Waals surface area contributed by atoms with Crippen LogP contribution in [0.4, 0.5) is 0 Å². The molecule has 4 nitrogen and oxygen atoms in total. The topological polar surface area (TPSA) is 55.1 Å². The molecule has 1 aromatic heterocycles. The highest BCUT2D eigenvalue weighted by Crippen LogP contribution is 2.22. The zero-order chi connectivity index (χ0) is 14.8. The van der Waals surface area contributed by atoms with Gasteiger partial charge < -0.3 is 9.73 Å². The van der Waals surface area contributed by atoms with Gasteiger partial charge in [-0.15, -0.1) is 0 Å². The number of carbonyl (C=O) groups excluding carboxylic acids is 1. The molecule has 0 radical (unpaired) electrons. The largest absolute Gasteiger partial charge is 0.447 e. The predicted octanol–water partition coefficient (Wildman–Crippen LogP) is 3.09. The van der Waals surface area contributed by atoms with E-state index in [0.29, 0.717) is 11.5 Å². The van der Waals surface area contributed by atoms with Gasteiger partial charge >= 0.3 is 0 Å². The summed E-state index contributed by atoms with van der Waals surface area (Å²) >= 11 is 0. The van der Waals surface area contributed by atoms with Gasteiger partial charge in [-0.05, 0) is 30.4 Å². The van der Waals surface area contributed by atoms with Crippen LogP contribution in [-0.2, 0) is 12.8 Å². The molecule has 1 unspecified atom stereocenters. The van der Waals surface area contributed by atoms with Gasteiger partial charge in [-0.3, -0.25) is 4.79 Å². The first kappa shape index (κ1) is 13.9. The van der Waals surface area contributed by atoms with Crippen molar-refractivity contribution in [2.75, 3.05) is 0 Å². The average Bonchev–Trinajstić information content (AvgIpc) is 2.97. The first-order chi connectivity index (χ1) is 10.1. The fraction of sp³-hybridized carbons (Fsp3) is 0.412. The molecule has 0 fully saturated rings. The Kier molecular flexibility index (Phi) is 3.78. The number of aromatic nitrogens is 1. The van der Waals surface area contributed by atoms with E-state index < -0.39 is 0 Å². The number of benzene rings is 1. The van der Waals surface area contributed by atoms with E-state index in [1.807, 2.05) is 13.8 Å². The monoisotopic (exact) mass is 284 g/mol. The summed E-state index contributed by atoms with van der Waals surface area (Å²) in [5, 5.41) is 3.10. The maximum atomic E-state index is 12.4. The maximum Gasteiger partial charge on any atom is 0.273 e. The van der Waals surface area contributed by atoms with Gasteiger partial charge in [0.15, 0.2) is 12.1 Å². The number of hydrogen-bond donors (Lipinski definition) is 1.